The van der Waals surface area contributed by atoms with E-state index in [4.69, 9.17) is 5.11 Å². The fourth-order valence-corrected chi connectivity index (χ4v) is 2.39. The van der Waals surface area contributed by atoms with E-state index in [9.17, 15) is 4.79 Å². The predicted molar refractivity (Wildman–Crippen MR) is 57.5 cm³/mol. The molecule has 3 heteroatoms. The number of benzene rings is 1. The molecule has 0 saturated heterocycles. The van der Waals surface area contributed by atoms with Crippen molar-refractivity contribution in [3.63, 3.8) is 0 Å². The first-order valence-corrected chi connectivity index (χ1v) is 5.33. The lowest BCUT2D eigenvalue weighted by molar-refractivity contribution is -0.132. The van der Waals surface area contributed by atoms with Crippen LogP contribution >= 0.6 is 11.8 Å². The molecule has 14 heavy (non-hydrogen) atoms. The molecule has 1 N–H and O–H groups in total. The minimum Gasteiger partial charge on any atom is -0.478 e. The Labute approximate surface area is 86.6 Å². The lowest BCUT2D eigenvalue weighted by Gasteiger charge is -2.13. The Hall–Kier alpha value is -1.22. The van der Waals surface area contributed by atoms with Crippen LogP contribution in [-0.4, -0.2) is 16.8 Å². The van der Waals surface area contributed by atoms with Gasteiger partial charge in [0.15, 0.2) is 0 Å². The van der Waals surface area contributed by atoms with Gasteiger partial charge in [0, 0.05) is 16.2 Å². The summed E-state index contributed by atoms with van der Waals surface area (Å²) in [6.45, 7) is 2.01. The van der Waals surface area contributed by atoms with E-state index in [1.54, 1.807) is 17.8 Å². The molecule has 0 bridgehead atoms. The highest BCUT2D eigenvalue weighted by Crippen LogP contribution is 2.32. The fourth-order valence-electron chi connectivity index (χ4n) is 1.42. The van der Waals surface area contributed by atoms with Gasteiger partial charge in [0.25, 0.3) is 0 Å². The Morgan fingerprint density at radius 2 is 2.29 bits per heavy atom. The van der Waals surface area contributed by atoms with Gasteiger partial charge in [-0.3, -0.25) is 0 Å². The summed E-state index contributed by atoms with van der Waals surface area (Å²) in [5.41, 5.74) is 2.67. The molecule has 0 aromatic heterocycles. The summed E-state index contributed by atoms with van der Waals surface area (Å²) in [4.78, 5) is 11.9. The highest BCUT2D eigenvalue weighted by molar-refractivity contribution is 7.99. The minimum absolute atomic E-state index is 0.480. The van der Waals surface area contributed by atoms with E-state index in [0.29, 0.717) is 11.3 Å². The first-order chi connectivity index (χ1) is 6.66. The normalized spacial score (nSPS) is 14.5. The molecule has 1 aromatic carbocycles. The third-order valence-electron chi connectivity index (χ3n) is 2.15. The van der Waals surface area contributed by atoms with Crippen LogP contribution in [-0.2, 0) is 4.79 Å². The number of rotatable bonds is 1. The van der Waals surface area contributed by atoms with Gasteiger partial charge < -0.3 is 5.11 Å². The predicted octanol–water partition coefficient (Wildman–Crippen LogP) is 2.57. The third-order valence-corrected chi connectivity index (χ3v) is 3.29. The Bertz CT molecular complexity index is 421. The molecule has 1 aromatic rings. The van der Waals surface area contributed by atoms with Crippen molar-refractivity contribution >= 4 is 23.8 Å². The number of hydrogen-bond acceptors (Lipinski definition) is 2. The van der Waals surface area contributed by atoms with E-state index in [0.717, 1.165) is 11.1 Å². The second kappa shape index (κ2) is 3.50. The molecule has 72 valence electrons. The number of hydrogen-bond donors (Lipinski definition) is 1. The van der Waals surface area contributed by atoms with E-state index < -0.39 is 5.97 Å². The average molecular weight is 206 g/mol. The molecule has 2 nitrogen and oxygen atoms in total. The maximum atomic E-state index is 10.8. The van der Waals surface area contributed by atoms with Gasteiger partial charge in [0.05, 0.1) is 0 Å². The van der Waals surface area contributed by atoms with E-state index in [1.165, 1.54) is 4.90 Å². The maximum absolute atomic E-state index is 10.8. The van der Waals surface area contributed by atoms with Crippen LogP contribution in [0, 0.1) is 6.92 Å². The summed E-state index contributed by atoms with van der Waals surface area (Å²) in [5.74, 6) is -0.254. The molecule has 0 radical (unpaired) electrons. The zero-order valence-corrected chi connectivity index (χ0v) is 8.60. The fraction of sp³-hybridized carbons (Fsp3) is 0.182. The summed E-state index contributed by atoms with van der Waals surface area (Å²) in [6, 6.07) is 6.11. The first-order valence-electron chi connectivity index (χ1n) is 4.34. The van der Waals surface area contributed by atoms with E-state index in [1.807, 2.05) is 25.1 Å². The lowest BCUT2D eigenvalue weighted by Crippen LogP contribution is -2.06. The van der Waals surface area contributed by atoms with E-state index in [2.05, 4.69) is 0 Å². The summed E-state index contributed by atoms with van der Waals surface area (Å²) in [5, 5.41) is 8.85. The van der Waals surface area contributed by atoms with Gasteiger partial charge in [-0.05, 0) is 24.6 Å². The van der Waals surface area contributed by atoms with E-state index >= 15 is 0 Å². The second-order valence-electron chi connectivity index (χ2n) is 3.30. The summed E-state index contributed by atoms with van der Waals surface area (Å²) in [7, 11) is 0. The number of aryl methyl sites for hydroxylation is 1. The quantitative estimate of drug-likeness (QED) is 0.767. The van der Waals surface area contributed by atoms with Gasteiger partial charge in [-0.2, -0.15) is 0 Å². The standard InChI is InChI=1S/C11H10O2S/c1-7-2-3-10-8(4-7)5-9(6-14-10)11(12)13/h2-5H,6H2,1H3,(H,12,13). The summed E-state index contributed by atoms with van der Waals surface area (Å²) < 4.78 is 0. The first kappa shape index (κ1) is 9.34. The zero-order chi connectivity index (χ0) is 10.1. The van der Waals surface area contributed by atoms with Crippen LogP contribution in [0.25, 0.3) is 6.08 Å². The van der Waals surface area contributed by atoms with Gasteiger partial charge in [-0.15, -0.1) is 11.8 Å². The maximum Gasteiger partial charge on any atom is 0.332 e. The highest BCUT2D eigenvalue weighted by Gasteiger charge is 2.15. The van der Waals surface area contributed by atoms with Crippen LogP contribution in [0.5, 0.6) is 0 Å². The van der Waals surface area contributed by atoms with Crippen molar-refractivity contribution in [3.8, 4) is 0 Å². The van der Waals surface area contributed by atoms with Crippen LogP contribution < -0.4 is 0 Å². The van der Waals surface area contributed by atoms with Crippen LogP contribution in [0.2, 0.25) is 0 Å². The van der Waals surface area contributed by atoms with Crippen molar-refractivity contribution in [1.82, 2.24) is 0 Å². The lowest BCUT2D eigenvalue weighted by atomic mass is 10.1. The number of aliphatic carboxylic acids is 1. The van der Waals surface area contributed by atoms with Gasteiger partial charge in [-0.25, -0.2) is 4.79 Å². The topological polar surface area (TPSA) is 37.3 Å². The molecule has 0 spiro atoms. The van der Waals surface area contributed by atoms with Crippen LogP contribution in [0.3, 0.4) is 0 Å². The number of carboxylic acids is 1. The molecule has 1 aliphatic heterocycles. The van der Waals surface area contributed by atoms with Crippen molar-refractivity contribution in [2.75, 3.05) is 5.75 Å². The number of fused-ring (bicyclic) bond motifs is 1. The molecule has 0 unspecified atom stereocenters. The van der Waals surface area contributed by atoms with Gasteiger partial charge >= 0.3 is 5.97 Å². The average Bonchev–Trinajstić information content (AvgIpc) is 2.16. The minimum atomic E-state index is -0.815. The molecule has 0 atom stereocenters. The number of carboxylic acid groups (broad SMARTS) is 1. The summed E-state index contributed by atoms with van der Waals surface area (Å²) in [6.07, 6.45) is 1.77. The van der Waals surface area contributed by atoms with Crippen molar-refractivity contribution < 1.29 is 9.90 Å². The van der Waals surface area contributed by atoms with Crippen LogP contribution in [0.1, 0.15) is 11.1 Å². The Kier molecular flexibility index (Phi) is 2.33. The Balaban J connectivity index is 2.47. The van der Waals surface area contributed by atoms with Gasteiger partial charge in [0.1, 0.15) is 0 Å². The molecule has 0 saturated carbocycles. The molecular weight excluding hydrogens is 196 g/mol. The second-order valence-corrected chi connectivity index (χ2v) is 4.32. The van der Waals surface area contributed by atoms with Gasteiger partial charge in [-0.1, -0.05) is 17.7 Å². The molecule has 1 aliphatic rings. The molecule has 0 amide bonds. The Morgan fingerprint density at radius 1 is 1.50 bits per heavy atom. The van der Waals surface area contributed by atoms with Crippen molar-refractivity contribution in [3.05, 3.63) is 34.9 Å². The number of carbonyl (C=O) groups is 1. The SMILES string of the molecule is Cc1ccc2c(c1)C=C(C(=O)O)CS2. The van der Waals surface area contributed by atoms with Crippen molar-refractivity contribution in [2.45, 2.75) is 11.8 Å². The third kappa shape index (κ3) is 1.68. The zero-order valence-electron chi connectivity index (χ0n) is 7.78. The number of thioether (sulfide) groups is 1. The van der Waals surface area contributed by atoms with Crippen LogP contribution in [0.4, 0.5) is 0 Å². The van der Waals surface area contributed by atoms with Crippen molar-refractivity contribution in [2.24, 2.45) is 0 Å². The largest absolute Gasteiger partial charge is 0.478 e. The molecule has 0 aliphatic carbocycles. The van der Waals surface area contributed by atoms with Gasteiger partial charge in [0.2, 0.25) is 0 Å². The highest BCUT2D eigenvalue weighted by atomic mass is 32.2. The molecule has 0 fully saturated rings. The molecule has 1 heterocycles. The smallest absolute Gasteiger partial charge is 0.332 e. The molecule has 2 rings (SSSR count). The monoisotopic (exact) mass is 206 g/mol. The van der Waals surface area contributed by atoms with Crippen molar-refractivity contribution in [1.29, 1.82) is 0 Å². The van der Waals surface area contributed by atoms with E-state index in [-0.39, 0.29) is 0 Å². The molecular formula is C11H10O2S. The Morgan fingerprint density at radius 3 is 3.00 bits per heavy atom. The summed E-state index contributed by atoms with van der Waals surface area (Å²) >= 11 is 1.58. The van der Waals surface area contributed by atoms with Crippen LogP contribution in [0.15, 0.2) is 28.7 Å².